The average molecular weight is 283 g/mol. The van der Waals surface area contributed by atoms with Gasteiger partial charge in [0, 0.05) is 6.54 Å². The molecule has 112 valence electrons. The van der Waals surface area contributed by atoms with Crippen LogP contribution in [0.15, 0.2) is 0 Å². The van der Waals surface area contributed by atoms with Crippen LogP contribution in [0.2, 0.25) is 0 Å². The van der Waals surface area contributed by atoms with Crippen molar-refractivity contribution >= 4 is 11.9 Å². The Labute approximate surface area is 107 Å². The molecule has 1 aliphatic heterocycles. The lowest BCUT2D eigenvalue weighted by Gasteiger charge is -2.11. The highest BCUT2D eigenvalue weighted by molar-refractivity contribution is 5.83. The predicted molar refractivity (Wildman–Crippen MR) is 58.2 cm³/mol. The molecule has 0 aromatic heterocycles. The van der Waals surface area contributed by atoms with Gasteiger partial charge in [-0.25, -0.2) is 9.59 Å². The fourth-order valence-electron chi connectivity index (χ4n) is 1.22. The van der Waals surface area contributed by atoms with Crippen molar-refractivity contribution in [3.05, 3.63) is 0 Å². The van der Waals surface area contributed by atoms with Crippen molar-refractivity contribution in [1.82, 2.24) is 5.32 Å². The Hall–Kier alpha value is -1.30. The number of nitrogens with one attached hydrogen (secondary N) is 1. The van der Waals surface area contributed by atoms with Gasteiger partial charge in [-0.05, 0) is 0 Å². The normalized spacial score (nSPS) is 29.0. The second kappa shape index (κ2) is 7.99. The van der Waals surface area contributed by atoms with Crippen LogP contribution < -0.4 is 5.32 Å². The highest BCUT2D eigenvalue weighted by Crippen LogP contribution is 2.05. The van der Waals surface area contributed by atoms with E-state index in [-0.39, 0.29) is 12.6 Å². The summed E-state index contributed by atoms with van der Waals surface area (Å²) in [6.07, 6.45) is -6.06. The van der Waals surface area contributed by atoms with Gasteiger partial charge in [0.25, 0.3) is 0 Å². The Morgan fingerprint density at radius 1 is 1.11 bits per heavy atom. The van der Waals surface area contributed by atoms with Crippen LogP contribution in [0.25, 0.3) is 0 Å². The summed E-state index contributed by atoms with van der Waals surface area (Å²) in [5.41, 5.74) is 0. The highest BCUT2D eigenvalue weighted by Gasteiger charge is 2.32. The van der Waals surface area contributed by atoms with Gasteiger partial charge in [-0.2, -0.15) is 0 Å². The van der Waals surface area contributed by atoms with E-state index in [4.69, 9.17) is 35.7 Å². The van der Waals surface area contributed by atoms with Crippen LogP contribution in [0.1, 0.15) is 0 Å². The van der Waals surface area contributed by atoms with E-state index in [0.29, 0.717) is 6.54 Å². The minimum Gasteiger partial charge on any atom is -0.479 e. The molecule has 10 nitrogen and oxygen atoms in total. The molecule has 1 heterocycles. The van der Waals surface area contributed by atoms with Gasteiger partial charge in [0.05, 0.1) is 24.9 Å². The first kappa shape index (κ1) is 17.7. The third-order valence-corrected chi connectivity index (χ3v) is 2.40. The summed E-state index contributed by atoms with van der Waals surface area (Å²) in [4.78, 5) is 19.5. The zero-order chi connectivity index (χ0) is 15.2. The van der Waals surface area contributed by atoms with E-state index in [9.17, 15) is 9.59 Å². The van der Waals surface area contributed by atoms with Crippen LogP contribution >= 0.6 is 0 Å². The molecule has 1 rings (SSSR count). The minimum atomic E-state index is -2.27. The molecule has 0 aromatic rings. The average Bonchev–Trinajstić information content (AvgIpc) is 2.68. The molecule has 0 saturated carbocycles. The number of hydrogen-bond acceptors (Lipinski definition) is 8. The second-order valence-electron chi connectivity index (χ2n) is 3.82. The largest absolute Gasteiger partial charge is 0.479 e. The third-order valence-electron chi connectivity index (χ3n) is 2.40. The smallest absolute Gasteiger partial charge is 0.335 e. The monoisotopic (exact) mass is 283 g/mol. The van der Waals surface area contributed by atoms with E-state index in [0.717, 1.165) is 0 Å². The van der Waals surface area contributed by atoms with Crippen LogP contribution in [0, 0.1) is 0 Å². The fourth-order valence-corrected chi connectivity index (χ4v) is 1.22. The first-order valence-electron chi connectivity index (χ1n) is 5.24. The lowest BCUT2D eigenvalue weighted by Crippen LogP contribution is -2.39. The first-order valence-corrected chi connectivity index (χ1v) is 5.24. The molecular formula is C9H17NO9. The van der Waals surface area contributed by atoms with Gasteiger partial charge in [-0.3, -0.25) is 0 Å². The maximum atomic E-state index is 9.77. The Morgan fingerprint density at radius 3 is 1.68 bits per heavy atom. The molecule has 0 spiro atoms. The Kier molecular flexibility index (Phi) is 7.44. The molecule has 5 atom stereocenters. The number of aliphatic hydroxyl groups excluding tert-OH is 5. The lowest BCUT2D eigenvalue weighted by atomic mass is 10.1. The summed E-state index contributed by atoms with van der Waals surface area (Å²) in [5.74, 6) is -3.54. The van der Waals surface area contributed by atoms with Crippen LogP contribution in [0.4, 0.5) is 0 Å². The number of hydrogen-bond donors (Lipinski definition) is 8. The molecule has 2 unspecified atom stereocenters. The molecule has 1 saturated heterocycles. The molecule has 1 aliphatic rings. The number of carboxylic acid groups (broad SMARTS) is 2. The summed E-state index contributed by atoms with van der Waals surface area (Å²) in [5, 5.41) is 61.7. The van der Waals surface area contributed by atoms with E-state index in [2.05, 4.69) is 5.32 Å². The van der Waals surface area contributed by atoms with Crippen molar-refractivity contribution in [2.45, 2.75) is 30.5 Å². The summed E-state index contributed by atoms with van der Waals surface area (Å²) in [7, 11) is 0. The van der Waals surface area contributed by atoms with Crippen molar-refractivity contribution in [3.63, 3.8) is 0 Å². The van der Waals surface area contributed by atoms with Crippen LogP contribution in [0.5, 0.6) is 0 Å². The number of rotatable bonds is 4. The molecule has 0 aliphatic carbocycles. The van der Waals surface area contributed by atoms with Gasteiger partial charge in [0.1, 0.15) is 0 Å². The summed E-state index contributed by atoms with van der Waals surface area (Å²) in [6.45, 7) is 0.241. The van der Waals surface area contributed by atoms with Crippen molar-refractivity contribution in [2.75, 3.05) is 13.2 Å². The zero-order valence-electron chi connectivity index (χ0n) is 9.75. The maximum Gasteiger partial charge on any atom is 0.335 e. The molecule has 10 heteroatoms. The Balaban J connectivity index is 0.000000342. The zero-order valence-corrected chi connectivity index (χ0v) is 9.75. The number of carbonyl (C=O) groups is 2. The highest BCUT2D eigenvalue weighted by atomic mass is 16.4. The Bertz CT molecular complexity index is 292. The fraction of sp³-hybridized carbons (Fsp3) is 0.778. The van der Waals surface area contributed by atoms with E-state index in [1.54, 1.807) is 0 Å². The summed E-state index contributed by atoms with van der Waals surface area (Å²) >= 11 is 0. The minimum absolute atomic E-state index is 0.127. The van der Waals surface area contributed by atoms with Crippen molar-refractivity contribution in [1.29, 1.82) is 0 Å². The van der Waals surface area contributed by atoms with Gasteiger partial charge in [0.15, 0.2) is 12.2 Å². The first-order chi connectivity index (χ1) is 8.72. The summed E-state index contributed by atoms with van der Waals surface area (Å²) in [6, 6.07) is -0.347. The summed E-state index contributed by atoms with van der Waals surface area (Å²) < 4.78 is 0. The number of aliphatic hydroxyl groups is 5. The third kappa shape index (κ3) is 5.46. The van der Waals surface area contributed by atoms with Crippen LogP contribution in [0.3, 0.4) is 0 Å². The van der Waals surface area contributed by atoms with Gasteiger partial charge in [-0.15, -0.1) is 0 Å². The predicted octanol–water partition coefficient (Wildman–Crippen LogP) is -4.45. The van der Waals surface area contributed by atoms with Gasteiger partial charge < -0.3 is 41.1 Å². The number of carboxylic acids is 2. The molecule has 1 fully saturated rings. The van der Waals surface area contributed by atoms with Crippen LogP contribution in [-0.2, 0) is 9.59 Å². The maximum absolute atomic E-state index is 9.77. The molecule has 8 N–H and O–H groups in total. The van der Waals surface area contributed by atoms with Gasteiger partial charge in [-0.1, -0.05) is 0 Å². The van der Waals surface area contributed by atoms with Crippen LogP contribution in [-0.4, -0.2) is 91.3 Å². The quantitative estimate of drug-likeness (QED) is 0.250. The van der Waals surface area contributed by atoms with Gasteiger partial charge >= 0.3 is 11.9 Å². The SMILES string of the molecule is O=C(O)C(O)C(O)C(=O)O.OC[C@H]1NC[C@@H](O)[C@H]1O. The molecule has 0 radical (unpaired) electrons. The molecule has 0 amide bonds. The van der Waals surface area contributed by atoms with Crippen molar-refractivity contribution in [2.24, 2.45) is 0 Å². The lowest BCUT2D eigenvalue weighted by molar-refractivity contribution is -0.165. The van der Waals surface area contributed by atoms with E-state index in [1.807, 2.05) is 0 Å². The molecule has 0 aromatic carbocycles. The van der Waals surface area contributed by atoms with E-state index < -0.39 is 36.4 Å². The number of aliphatic carboxylic acids is 2. The topological polar surface area (TPSA) is 188 Å². The van der Waals surface area contributed by atoms with Crippen molar-refractivity contribution < 1.29 is 45.3 Å². The molecule has 0 bridgehead atoms. The number of β-amino-alcohol motifs (C(OH)–C–C–N with tert-alkyl or cyclic N) is 1. The molecule has 19 heavy (non-hydrogen) atoms. The second-order valence-corrected chi connectivity index (χ2v) is 3.82. The standard InChI is InChI=1S/C5H11NO3.C4H6O6/c7-2-3-5(9)4(8)1-6-3;5-1(3(7)8)2(6)4(9)10/h3-9H,1-2H2;1-2,5-6H,(H,7,8)(H,9,10)/t3-,4-,5+;/m1./s1. The van der Waals surface area contributed by atoms with Gasteiger partial charge in [0.2, 0.25) is 0 Å². The molecular weight excluding hydrogens is 266 g/mol. The Morgan fingerprint density at radius 2 is 1.53 bits per heavy atom. The van der Waals surface area contributed by atoms with Crippen molar-refractivity contribution in [3.8, 4) is 0 Å². The van der Waals surface area contributed by atoms with E-state index in [1.165, 1.54) is 0 Å². The van der Waals surface area contributed by atoms with E-state index >= 15 is 0 Å².